The van der Waals surface area contributed by atoms with Crippen LogP contribution in [0.4, 0.5) is 0 Å². The average Bonchev–Trinajstić information content (AvgIpc) is 2.49. The Morgan fingerprint density at radius 1 is 0.476 bits per heavy atom. The molecule has 0 bridgehead atoms. The van der Waals surface area contributed by atoms with Gasteiger partial charge in [0.1, 0.15) is 0 Å². The van der Waals surface area contributed by atoms with Crippen LogP contribution in [-0.2, 0) is 0 Å². The van der Waals surface area contributed by atoms with Crippen LogP contribution in [0.5, 0.6) is 0 Å². The summed E-state index contributed by atoms with van der Waals surface area (Å²) in [5, 5.41) is 19.7. The number of aliphatic hydroxyl groups is 2. The zero-order valence-electron chi connectivity index (χ0n) is 14.7. The normalized spacial score (nSPS) is 14.3. The lowest BCUT2D eigenvalue weighted by atomic mass is 10.0. The molecule has 0 aliphatic carbocycles. The van der Waals surface area contributed by atoms with Crippen molar-refractivity contribution in [3.05, 3.63) is 0 Å². The molecule has 0 aromatic heterocycles. The zero-order chi connectivity index (χ0) is 15.8. The van der Waals surface area contributed by atoms with Gasteiger partial charge in [-0.05, 0) is 25.7 Å². The standard InChI is InChI=1S/C19H40O2/c1-3-5-7-8-9-10-11-12-13-15-19(21)17-16-18(20)14-6-4-2/h18-21H,3-17H2,1-2H3. The Hall–Kier alpha value is -0.0800. The lowest BCUT2D eigenvalue weighted by molar-refractivity contribution is 0.101. The number of unbranched alkanes of at least 4 members (excludes halogenated alkanes) is 9. The lowest BCUT2D eigenvalue weighted by Crippen LogP contribution is -2.13. The van der Waals surface area contributed by atoms with Gasteiger partial charge in [-0.1, -0.05) is 84.5 Å². The fraction of sp³-hybridized carbons (Fsp3) is 1.00. The molecule has 2 heteroatoms. The Kier molecular flexibility index (Phi) is 16.2. The Morgan fingerprint density at radius 3 is 1.33 bits per heavy atom. The summed E-state index contributed by atoms with van der Waals surface area (Å²) in [6.07, 6.45) is 17.1. The van der Waals surface area contributed by atoms with E-state index in [2.05, 4.69) is 13.8 Å². The van der Waals surface area contributed by atoms with Gasteiger partial charge in [-0.3, -0.25) is 0 Å². The molecular weight excluding hydrogens is 260 g/mol. The monoisotopic (exact) mass is 300 g/mol. The maximum absolute atomic E-state index is 9.91. The molecule has 2 nitrogen and oxygen atoms in total. The molecule has 0 saturated heterocycles. The third kappa shape index (κ3) is 16.1. The topological polar surface area (TPSA) is 40.5 Å². The van der Waals surface area contributed by atoms with E-state index in [-0.39, 0.29) is 12.2 Å². The fourth-order valence-corrected chi connectivity index (χ4v) is 2.80. The van der Waals surface area contributed by atoms with Crippen LogP contribution < -0.4 is 0 Å². The molecule has 0 aliphatic heterocycles. The molecule has 0 rings (SSSR count). The summed E-state index contributed by atoms with van der Waals surface area (Å²) in [5.41, 5.74) is 0. The SMILES string of the molecule is CCCCCCCCCCCC(O)CCC(O)CCCC. The molecule has 0 aromatic rings. The second-order valence-corrected chi connectivity index (χ2v) is 6.64. The number of hydrogen-bond donors (Lipinski definition) is 2. The van der Waals surface area contributed by atoms with E-state index >= 15 is 0 Å². The van der Waals surface area contributed by atoms with Gasteiger partial charge < -0.3 is 10.2 Å². The van der Waals surface area contributed by atoms with E-state index in [0.717, 1.165) is 44.9 Å². The van der Waals surface area contributed by atoms with Crippen molar-refractivity contribution >= 4 is 0 Å². The highest BCUT2D eigenvalue weighted by Gasteiger charge is 2.08. The summed E-state index contributed by atoms with van der Waals surface area (Å²) in [4.78, 5) is 0. The van der Waals surface area contributed by atoms with E-state index in [9.17, 15) is 10.2 Å². The van der Waals surface area contributed by atoms with Crippen molar-refractivity contribution in [3.8, 4) is 0 Å². The van der Waals surface area contributed by atoms with Gasteiger partial charge in [-0.25, -0.2) is 0 Å². The van der Waals surface area contributed by atoms with Crippen LogP contribution in [0.25, 0.3) is 0 Å². The van der Waals surface area contributed by atoms with Crippen molar-refractivity contribution in [2.45, 2.75) is 122 Å². The summed E-state index contributed by atoms with van der Waals surface area (Å²) in [6.45, 7) is 4.40. The largest absolute Gasteiger partial charge is 0.393 e. The molecule has 0 aromatic carbocycles. The van der Waals surface area contributed by atoms with Crippen LogP contribution >= 0.6 is 0 Å². The quantitative estimate of drug-likeness (QED) is 0.364. The van der Waals surface area contributed by atoms with Crippen LogP contribution in [0.15, 0.2) is 0 Å². The summed E-state index contributed by atoms with van der Waals surface area (Å²) < 4.78 is 0. The molecular formula is C19H40O2. The van der Waals surface area contributed by atoms with Gasteiger partial charge >= 0.3 is 0 Å². The van der Waals surface area contributed by atoms with Gasteiger partial charge in [0.05, 0.1) is 12.2 Å². The first kappa shape index (κ1) is 20.9. The van der Waals surface area contributed by atoms with Crippen LogP contribution in [0.1, 0.15) is 110 Å². The molecule has 2 atom stereocenters. The predicted octanol–water partition coefficient (Wildman–Crippen LogP) is 5.60. The zero-order valence-corrected chi connectivity index (χ0v) is 14.7. The molecule has 128 valence electrons. The molecule has 0 spiro atoms. The molecule has 2 unspecified atom stereocenters. The molecule has 21 heavy (non-hydrogen) atoms. The minimum atomic E-state index is -0.206. The van der Waals surface area contributed by atoms with Gasteiger partial charge in [-0.15, -0.1) is 0 Å². The Balaban J connectivity index is 3.24. The van der Waals surface area contributed by atoms with E-state index in [1.807, 2.05) is 0 Å². The third-order valence-electron chi connectivity index (χ3n) is 4.36. The smallest absolute Gasteiger partial charge is 0.0541 e. The molecule has 0 heterocycles. The second-order valence-electron chi connectivity index (χ2n) is 6.64. The maximum atomic E-state index is 9.91. The Morgan fingerprint density at radius 2 is 0.857 bits per heavy atom. The molecule has 0 aliphatic rings. The minimum absolute atomic E-state index is 0.203. The fourth-order valence-electron chi connectivity index (χ4n) is 2.80. The summed E-state index contributed by atoms with van der Waals surface area (Å²) in [6, 6.07) is 0. The lowest BCUT2D eigenvalue weighted by Gasteiger charge is -2.14. The van der Waals surface area contributed by atoms with E-state index < -0.39 is 0 Å². The predicted molar refractivity (Wildman–Crippen MR) is 92.6 cm³/mol. The Labute approximate surface area is 133 Å². The van der Waals surface area contributed by atoms with Crippen LogP contribution in [0.3, 0.4) is 0 Å². The number of hydrogen-bond acceptors (Lipinski definition) is 2. The summed E-state index contributed by atoms with van der Waals surface area (Å²) >= 11 is 0. The van der Waals surface area contributed by atoms with Gasteiger partial charge in [0, 0.05) is 0 Å². The molecule has 0 fully saturated rings. The van der Waals surface area contributed by atoms with Gasteiger partial charge in [-0.2, -0.15) is 0 Å². The third-order valence-corrected chi connectivity index (χ3v) is 4.36. The highest BCUT2D eigenvalue weighted by atomic mass is 16.3. The van der Waals surface area contributed by atoms with Gasteiger partial charge in [0.15, 0.2) is 0 Å². The van der Waals surface area contributed by atoms with E-state index in [1.165, 1.54) is 51.4 Å². The van der Waals surface area contributed by atoms with Crippen LogP contribution in [-0.4, -0.2) is 22.4 Å². The Bertz CT molecular complexity index is 194. The first-order chi connectivity index (χ1) is 10.2. The molecule has 0 amide bonds. The van der Waals surface area contributed by atoms with Crippen molar-refractivity contribution in [2.75, 3.05) is 0 Å². The highest BCUT2D eigenvalue weighted by Crippen LogP contribution is 2.14. The van der Waals surface area contributed by atoms with Gasteiger partial charge in [0.25, 0.3) is 0 Å². The highest BCUT2D eigenvalue weighted by molar-refractivity contribution is 4.62. The van der Waals surface area contributed by atoms with E-state index in [4.69, 9.17) is 0 Å². The number of rotatable bonds is 16. The number of aliphatic hydroxyl groups excluding tert-OH is 2. The summed E-state index contributed by atoms with van der Waals surface area (Å²) in [5.74, 6) is 0. The summed E-state index contributed by atoms with van der Waals surface area (Å²) in [7, 11) is 0. The average molecular weight is 301 g/mol. The van der Waals surface area contributed by atoms with Crippen molar-refractivity contribution in [2.24, 2.45) is 0 Å². The first-order valence-corrected chi connectivity index (χ1v) is 9.56. The van der Waals surface area contributed by atoms with E-state index in [0.29, 0.717) is 0 Å². The minimum Gasteiger partial charge on any atom is -0.393 e. The van der Waals surface area contributed by atoms with Crippen molar-refractivity contribution in [3.63, 3.8) is 0 Å². The van der Waals surface area contributed by atoms with Crippen molar-refractivity contribution in [1.82, 2.24) is 0 Å². The molecule has 2 N–H and O–H groups in total. The van der Waals surface area contributed by atoms with Crippen molar-refractivity contribution < 1.29 is 10.2 Å². The van der Waals surface area contributed by atoms with Crippen LogP contribution in [0.2, 0.25) is 0 Å². The van der Waals surface area contributed by atoms with Crippen molar-refractivity contribution in [1.29, 1.82) is 0 Å². The molecule has 0 saturated carbocycles. The van der Waals surface area contributed by atoms with Gasteiger partial charge in [0.2, 0.25) is 0 Å². The second kappa shape index (κ2) is 16.3. The van der Waals surface area contributed by atoms with E-state index in [1.54, 1.807) is 0 Å². The first-order valence-electron chi connectivity index (χ1n) is 9.56. The van der Waals surface area contributed by atoms with Crippen LogP contribution in [0, 0.1) is 0 Å². The maximum Gasteiger partial charge on any atom is 0.0541 e. The molecule has 0 radical (unpaired) electrons.